The summed E-state index contributed by atoms with van der Waals surface area (Å²) < 4.78 is 1.64. The van der Waals surface area contributed by atoms with Gasteiger partial charge in [0.2, 0.25) is 0 Å². The van der Waals surface area contributed by atoms with E-state index in [0.29, 0.717) is 3.57 Å². The number of nitro groups is 1. The molecule has 4 nitrogen and oxygen atoms in total. The Labute approximate surface area is 132 Å². The molecule has 1 N–H and O–H groups in total. The van der Waals surface area contributed by atoms with E-state index in [9.17, 15) is 10.1 Å². The van der Waals surface area contributed by atoms with Crippen LogP contribution in [0.5, 0.6) is 0 Å². The normalized spacial score (nSPS) is 10.3. The molecule has 0 atom stereocenters. The third-order valence-electron chi connectivity index (χ3n) is 2.61. The molecule has 0 amide bonds. The summed E-state index contributed by atoms with van der Waals surface area (Å²) in [6.07, 6.45) is 0. The van der Waals surface area contributed by atoms with Crippen molar-refractivity contribution in [3.8, 4) is 0 Å². The van der Waals surface area contributed by atoms with E-state index < -0.39 is 0 Å². The molecule has 0 spiro atoms. The van der Waals surface area contributed by atoms with Gasteiger partial charge in [0, 0.05) is 21.9 Å². The Hall–Kier alpha value is -1.15. The zero-order chi connectivity index (χ0) is 14.0. The van der Waals surface area contributed by atoms with Gasteiger partial charge in [-0.15, -0.1) is 0 Å². The Morgan fingerprint density at radius 3 is 2.58 bits per heavy atom. The largest absolute Gasteiger partial charge is 0.355 e. The standard InChI is InChI=1S/C13H10BrIN2O2/c1-8-6-9(14)2-4-12(8)16-10-3-5-13(17(18)19)11(15)7-10/h2-7,16H,1H3. The van der Waals surface area contributed by atoms with E-state index >= 15 is 0 Å². The summed E-state index contributed by atoms with van der Waals surface area (Å²) in [4.78, 5) is 10.4. The predicted octanol–water partition coefficient (Wildman–Crippen LogP) is 5.01. The van der Waals surface area contributed by atoms with E-state index in [2.05, 4.69) is 21.2 Å². The summed E-state index contributed by atoms with van der Waals surface area (Å²) in [7, 11) is 0. The minimum absolute atomic E-state index is 0.124. The Kier molecular flexibility index (Phi) is 4.41. The fraction of sp³-hybridized carbons (Fsp3) is 0.0769. The van der Waals surface area contributed by atoms with Crippen LogP contribution in [-0.2, 0) is 0 Å². The molecule has 2 rings (SSSR count). The second-order valence-corrected chi connectivity index (χ2v) is 6.09. The molecule has 6 heteroatoms. The number of aryl methyl sites for hydroxylation is 1. The topological polar surface area (TPSA) is 55.2 Å². The predicted molar refractivity (Wildman–Crippen MR) is 88.0 cm³/mol. The van der Waals surface area contributed by atoms with Crippen LogP contribution in [0.3, 0.4) is 0 Å². The number of benzene rings is 2. The maximum absolute atomic E-state index is 10.8. The van der Waals surface area contributed by atoms with Gasteiger partial charge in [0.15, 0.2) is 0 Å². The van der Waals surface area contributed by atoms with Crippen LogP contribution >= 0.6 is 38.5 Å². The number of nitrogens with one attached hydrogen (secondary N) is 1. The highest BCUT2D eigenvalue weighted by molar-refractivity contribution is 14.1. The van der Waals surface area contributed by atoms with Crippen molar-refractivity contribution < 1.29 is 4.92 Å². The van der Waals surface area contributed by atoms with Crippen molar-refractivity contribution in [2.75, 3.05) is 5.32 Å². The van der Waals surface area contributed by atoms with E-state index in [-0.39, 0.29) is 10.6 Å². The van der Waals surface area contributed by atoms with Crippen LogP contribution in [0.2, 0.25) is 0 Å². The first-order valence-corrected chi connectivity index (χ1v) is 7.31. The van der Waals surface area contributed by atoms with E-state index in [1.807, 2.05) is 47.7 Å². The molecule has 0 unspecified atom stereocenters. The molecule has 0 aliphatic heterocycles. The lowest BCUT2D eigenvalue weighted by Crippen LogP contribution is -1.96. The fourth-order valence-corrected chi connectivity index (χ4v) is 2.84. The Bertz CT molecular complexity index is 647. The summed E-state index contributed by atoms with van der Waals surface area (Å²) in [5, 5.41) is 14.0. The van der Waals surface area contributed by atoms with Crippen molar-refractivity contribution in [2.45, 2.75) is 6.92 Å². The van der Waals surface area contributed by atoms with Gasteiger partial charge in [0.25, 0.3) is 5.69 Å². The smallest absolute Gasteiger partial charge is 0.282 e. The highest BCUT2D eigenvalue weighted by Crippen LogP contribution is 2.28. The van der Waals surface area contributed by atoms with Crippen molar-refractivity contribution >= 4 is 55.6 Å². The quantitative estimate of drug-likeness (QED) is 0.421. The average Bonchev–Trinajstić information content (AvgIpc) is 2.32. The van der Waals surface area contributed by atoms with Gasteiger partial charge in [-0.2, -0.15) is 0 Å². The Morgan fingerprint density at radius 2 is 2.00 bits per heavy atom. The van der Waals surface area contributed by atoms with Crippen molar-refractivity contribution in [2.24, 2.45) is 0 Å². The van der Waals surface area contributed by atoms with Gasteiger partial charge in [-0.3, -0.25) is 10.1 Å². The number of rotatable bonds is 3. The lowest BCUT2D eigenvalue weighted by molar-refractivity contribution is -0.385. The van der Waals surface area contributed by atoms with Gasteiger partial charge in [-0.25, -0.2) is 0 Å². The molecular formula is C13H10BrIN2O2. The Balaban J connectivity index is 2.29. The molecular weight excluding hydrogens is 423 g/mol. The van der Waals surface area contributed by atoms with Crippen LogP contribution in [0.25, 0.3) is 0 Å². The zero-order valence-electron chi connectivity index (χ0n) is 9.98. The lowest BCUT2D eigenvalue weighted by Gasteiger charge is -2.10. The van der Waals surface area contributed by atoms with Gasteiger partial charge in [-0.1, -0.05) is 15.9 Å². The van der Waals surface area contributed by atoms with Crippen molar-refractivity contribution in [3.63, 3.8) is 0 Å². The highest BCUT2D eigenvalue weighted by atomic mass is 127. The summed E-state index contributed by atoms with van der Waals surface area (Å²) >= 11 is 5.38. The molecule has 0 radical (unpaired) electrons. The molecule has 19 heavy (non-hydrogen) atoms. The summed E-state index contributed by atoms with van der Waals surface area (Å²) in [5.74, 6) is 0. The first-order valence-electron chi connectivity index (χ1n) is 5.44. The fourth-order valence-electron chi connectivity index (χ4n) is 1.66. The van der Waals surface area contributed by atoms with E-state index in [1.165, 1.54) is 6.07 Å². The van der Waals surface area contributed by atoms with Gasteiger partial charge in [-0.05, 0) is 65.4 Å². The Morgan fingerprint density at radius 1 is 1.26 bits per heavy atom. The van der Waals surface area contributed by atoms with Crippen LogP contribution in [0, 0.1) is 20.6 Å². The SMILES string of the molecule is Cc1cc(Br)ccc1Nc1ccc([N+](=O)[O-])c(I)c1. The van der Waals surface area contributed by atoms with Gasteiger partial charge in [0.1, 0.15) is 0 Å². The third kappa shape index (κ3) is 3.44. The first kappa shape index (κ1) is 14.3. The minimum atomic E-state index is -0.379. The number of anilines is 2. The minimum Gasteiger partial charge on any atom is -0.355 e. The van der Waals surface area contributed by atoms with Crippen molar-refractivity contribution in [1.82, 2.24) is 0 Å². The van der Waals surface area contributed by atoms with E-state index in [0.717, 1.165) is 21.4 Å². The molecule has 0 saturated heterocycles. The van der Waals surface area contributed by atoms with Gasteiger partial charge < -0.3 is 5.32 Å². The molecule has 98 valence electrons. The van der Waals surface area contributed by atoms with Crippen LogP contribution in [0.4, 0.5) is 17.1 Å². The lowest BCUT2D eigenvalue weighted by atomic mass is 10.2. The second-order valence-electron chi connectivity index (χ2n) is 4.01. The van der Waals surface area contributed by atoms with Crippen molar-refractivity contribution in [1.29, 1.82) is 0 Å². The van der Waals surface area contributed by atoms with E-state index in [4.69, 9.17) is 0 Å². The highest BCUT2D eigenvalue weighted by Gasteiger charge is 2.11. The second kappa shape index (κ2) is 5.87. The van der Waals surface area contributed by atoms with Gasteiger partial charge >= 0.3 is 0 Å². The van der Waals surface area contributed by atoms with Crippen LogP contribution in [-0.4, -0.2) is 4.92 Å². The van der Waals surface area contributed by atoms with Crippen molar-refractivity contribution in [3.05, 3.63) is 60.1 Å². The third-order valence-corrected chi connectivity index (χ3v) is 3.97. The maximum Gasteiger partial charge on any atom is 0.282 e. The van der Waals surface area contributed by atoms with Crippen LogP contribution in [0.15, 0.2) is 40.9 Å². The number of hydrogen-bond donors (Lipinski definition) is 1. The number of nitro benzene ring substituents is 1. The number of nitrogens with zero attached hydrogens (tertiary/aromatic N) is 1. The molecule has 2 aromatic rings. The maximum atomic E-state index is 10.8. The molecule has 0 saturated carbocycles. The summed E-state index contributed by atoms with van der Waals surface area (Å²) in [6.45, 7) is 2.00. The average molecular weight is 433 g/mol. The van der Waals surface area contributed by atoms with Crippen LogP contribution in [0.1, 0.15) is 5.56 Å². The first-order chi connectivity index (χ1) is 8.97. The molecule has 0 aromatic heterocycles. The molecule has 0 bridgehead atoms. The molecule has 0 aliphatic rings. The summed E-state index contributed by atoms with van der Waals surface area (Å²) in [5.41, 5.74) is 3.04. The molecule has 0 heterocycles. The van der Waals surface area contributed by atoms with Crippen LogP contribution < -0.4 is 5.32 Å². The van der Waals surface area contributed by atoms with E-state index in [1.54, 1.807) is 12.1 Å². The number of hydrogen-bond acceptors (Lipinski definition) is 3. The number of halogens is 2. The molecule has 2 aromatic carbocycles. The monoisotopic (exact) mass is 432 g/mol. The summed E-state index contributed by atoms with van der Waals surface area (Å²) in [6, 6.07) is 10.9. The molecule has 0 aliphatic carbocycles. The molecule has 0 fully saturated rings. The zero-order valence-corrected chi connectivity index (χ0v) is 13.7. The van der Waals surface area contributed by atoms with Gasteiger partial charge in [0.05, 0.1) is 8.49 Å².